The number of carbonyl (C=O) groups excluding carboxylic acids is 1. The molecule has 5 rings (SSSR count). The molecule has 0 unspecified atom stereocenters. The van der Waals surface area contributed by atoms with Crippen molar-refractivity contribution in [1.82, 2.24) is 25.2 Å². The summed E-state index contributed by atoms with van der Waals surface area (Å²) < 4.78 is 7.45. The Hall–Kier alpha value is -3.21. The molecule has 1 fully saturated rings. The summed E-state index contributed by atoms with van der Waals surface area (Å²) in [4.78, 5) is 14.1. The molecule has 1 saturated carbocycles. The van der Waals surface area contributed by atoms with Crippen LogP contribution in [0.4, 0.5) is 5.69 Å². The van der Waals surface area contributed by atoms with Crippen LogP contribution in [0.25, 0.3) is 11.0 Å². The highest BCUT2D eigenvalue weighted by atomic mass is 16.5. The van der Waals surface area contributed by atoms with Gasteiger partial charge in [-0.05, 0) is 81.9 Å². The van der Waals surface area contributed by atoms with E-state index in [0.29, 0.717) is 23.9 Å². The van der Waals surface area contributed by atoms with Gasteiger partial charge in [0.2, 0.25) is 0 Å². The molecule has 2 aliphatic rings. The van der Waals surface area contributed by atoms with Crippen LogP contribution in [0.15, 0.2) is 30.3 Å². The molecule has 1 atom stereocenters. The highest BCUT2D eigenvalue weighted by Crippen LogP contribution is 2.41. The predicted octanol–water partition coefficient (Wildman–Crippen LogP) is 2.76. The predicted molar refractivity (Wildman–Crippen MR) is 140 cm³/mol. The molecule has 2 aromatic carbocycles. The molecule has 0 bridgehead atoms. The Bertz CT molecular complexity index is 1240. The Morgan fingerprint density at radius 2 is 2.11 bits per heavy atom. The quantitative estimate of drug-likeness (QED) is 0.309. The van der Waals surface area contributed by atoms with Gasteiger partial charge in [-0.3, -0.25) is 4.79 Å². The number of phenols is 1. The molecular weight excluding hydrogens is 472 g/mol. The summed E-state index contributed by atoms with van der Waals surface area (Å²) >= 11 is 0. The van der Waals surface area contributed by atoms with Gasteiger partial charge in [-0.15, -0.1) is 5.10 Å². The van der Waals surface area contributed by atoms with Crippen molar-refractivity contribution in [2.45, 2.75) is 57.3 Å². The molecule has 0 spiro atoms. The number of ether oxygens (including phenoxy) is 1. The maximum atomic E-state index is 11.6. The lowest BCUT2D eigenvalue weighted by atomic mass is 9.94. The molecule has 4 N–H and O–H groups in total. The van der Waals surface area contributed by atoms with Gasteiger partial charge in [0.1, 0.15) is 17.0 Å². The second-order valence-corrected chi connectivity index (χ2v) is 9.93. The maximum Gasteiger partial charge on any atom is 0.262 e. The molecule has 1 aromatic heterocycles. The average molecular weight is 508 g/mol. The van der Waals surface area contributed by atoms with E-state index in [-0.39, 0.29) is 30.5 Å². The van der Waals surface area contributed by atoms with E-state index in [9.17, 15) is 15.0 Å². The van der Waals surface area contributed by atoms with Gasteiger partial charge in [0.05, 0.1) is 11.6 Å². The number of rotatable bonds is 10. The molecule has 10 nitrogen and oxygen atoms in total. The lowest BCUT2D eigenvalue weighted by Crippen LogP contribution is -2.34. The highest BCUT2D eigenvalue weighted by molar-refractivity contribution is 5.97. The second kappa shape index (κ2) is 11.5. The first kappa shape index (κ1) is 25.4. The normalized spacial score (nSPS) is 17.0. The van der Waals surface area contributed by atoms with E-state index in [4.69, 9.17) is 4.74 Å². The molecule has 37 heavy (non-hydrogen) atoms. The number of hydrogen-bond acceptors (Lipinski definition) is 8. The van der Waals surface area contributed by atoms with Crippen LogP contribution in [-0.4, -0.2) is 68.8 Å². The Morgan fingerprint density at radius 3 is 2.95 bits per heavy atom. The topological polar surface area (TPSA) is 125 Å². The molecule has 197 valence electrons. The number of nitrogens with one attached hydrogen (secondary N) is 2. The van der Waals surface area contributed by atoms with E-state index in [0.717, 1.165) is 36.1 Å². The molecule has 10 heteroatoms. The fourth-order valence-corrected chi connectivity index (χ4v) is 5.20. The minimum absolute atomic E-state index is 0.0941. The lowest BCUT2D eigenvalue weighted by molar-refractivity contribution is -0.118. The van der Waals surface area contributed by atoms with Crippen LogP contribution in [0.3, 0.4) is 0 Å². The zero-order valence-electron chi connectivity index (χ0n) is 21.2. The molecular formula is C27H35N6O4. The standard InChI is InChI=1S/C27H35N6O4/c1-32(19-6-3-2-4-7-19)12-5-13-33-22-10-8-18(14-21(22)30-31-33)15-28-16-24(35)20-9-11-23(34)26-27(20)37-17-25(36)29-26/h2,8-11,14,19,24,28,34-35H,3-7,12-13,15-17H2,1H3,(H,29,36)/t24-/m0/s1. The first-order chi connectivity index (χ1) is 18.0. The Balaban J connectivity index is 1.13. The Morgan fingerprint density at radius 1 is 1.27 bits per heavy atom. The van der Waals surface area contributed by atoms with Crippen LogP contribution >= 0.6 is 0 Å². The number of phenolic OH excluding ortho intramolecular Hbond substituents is 1. The van der Waals surface area contributed by atoms with Gasteiger partial charge < -0.3 is 30.5 Å². The summed E-state index contributed by atoms with van der Waals surface area (Å²) in [6, 6.07) is 9.86. The SMILES string of the molecule is CN(CCCn1nnc2cc(CNC[C@H](O)c3ccc(O)c4c3OCC(=O)N4)ccc21)C1CC[CH]CC1. The first-order valence-corrected chi connectivity index (χ1v) is 13.0. The number of aryl methyl sites for hydroxylation is 1. The number of aliphatic hydroxyl groups is 1. The number of fused-ring (bicyclic) bond motifs is 2. The zero-order chi connectivity index (χ0) is 25.8. The van der Waals surface area contributed by atoms with Gasteiger partial charge in [0.25, 0.3) is 5.91 Å². The third kappa shape index (κ3) is 5.87. The second-order valence-electron chi connectivity index (χ2n) is 9.93. The minimum Gasteiger partial charge on any atom is -0.506 e. The molecule has 1 radical (unpaired) electrons. The molecule has 1 aliphatic heterocycles. The number of nitrogens with zero attached hydrogens (tertiary/aromatic N) is 4. The fourth-order valence-electron chi connectivity index (χ4n) is 5.20. The average Bonchev–Trinajstić information content (AvgIpc) is 3.31. The van der Waals surface area contributed by atoms with E-state index in [1.807, 2.05) is 16.8 Å². The largest absolute Gasteiger partial charge is 0.506 e. The number of amides is 1. The van der Waals surface area contributed by atoms with Gasteiger partial charge in [-0.2, -0.15) is 0 Å². The zero-order valence-corrected chi connectivity index (χ0v) is 21.2. The summed E-state index contributed by atoms with van der Waals surface area (Å²) in [7, 11) is 2.23. The fraction of sp³-hybridized carbons (Fsp3) is 0.481. The molecule has 1 aliphatic carbocycles. The number of hydrogen-bond donors (Lipinski definition) is 4. The van der Waals surface area contributed by atoms with E-state index >= 15 is 0 Å². The van der Waals surface area contributed by atoms with Gasteiger partial charge in [0.15, 0.2) is 12.4 Å². The number of carbonyl (C=O) groups is 1. The van der Waals surface area contributed by atoms with Crippen molar-refractivity contribution in [3.8, 4) is 11.5 Å². The Labute approximate surface area is 216 Å². The van der Waals surface area contributed by atoms with E-state index < -0.39 is 6.10 Å². The number of aliphatic hydroxyl groups excluding tert-OH is 1. The molecule has 1 amide bonds. The van der Waals surface area contributed by atoms with Crippen molar-refractivity contribution in [2.75, 3.05) is 32.1 Å². The number of anilines is 1. The van der Waals surface area contributed by atoms with Gasteiger partial charge >= 0.3 is 0 Å². The van der Waals surface area contributed by atoms with Crippen LogP contribution < -0.4 is 15.4 Å². The van der Waals surface area contributed by atoms with Crippen molar-refractivity contribution in [3.05, 3.63) is 47.9 Å². The van der Waals surface area contributed by atoms with Crippen LogP contribution in [-0.2, 0) is 17.9 Å². The van der Waals surface area contributed by atoms with Gasteiger partial charge in [-0.1, -0.05) is 11.3 Å². The maximum absolute atomic E-state index is 11.6. The molecule has 2 heterocycles. The van der Waals surface area contributed by atoms with Gasteiger partial charge in [-0.25, -0.2) is 4.68 Å². The van der Waals surface area contributed by atoms with Crippen molar-refractivity contribution in [2.24, 2.45) is 0 Å². The van der Waals surface area contributed by atoms with E-state index in [1.54, 1.807) is 6.07 Å². The van der Waals surface area contributed by atoms with Gasteiger partial charge in [0, 0.05) is 31.2 Å². The summed E-state index contributed by atoms with van der Waals surface area (Å²) in [5, 5.41) is 35.3. The van der Waals surface area contributed by atoms with E-state index in [2.05, 4.69) is 45.4 Å². The highest BCUT2D eigenvalue weighted by Gasteiger charge is 2.25. The minimum atomic E-state index is -0.876. The monoisotopic (exact) mass is 507 g/mol. The van der Waals surface area contributed by atoms with Crippen LogP contribution in [0.2, 0.25) is 0 Å². The smallest absolute Gasteiger partial charge is 0.262 e. The number of aromatic nitrogens is 3. The third-order valence-corrected chi connectivity index (χ3v) is 7.29. The van der Waals surface area contributed by atoms with Crippen molar-refractivity contribution in [3.63, 3.8) is 0 Å². The van der Waals surface area contributed by atoms with Crippen LogP contribution in [0, 0.1) is 6.42 Å². The van der Waals surface area contributed by atoms with Crippen LogP contribution in [0.5, 0.6) is 11.5 Å². The first-order valence-electron chi connectivity index (χ1n) is 13.0. The summed E-state index contributed by atoms with van der Waals surface area (Å²) in [6.45, 7) is 2.55. The summed E-state index contributed by atoms with van der Waals surface area (Å²) in [5.41, 5.74) is 3.62. The number of benzene rings is 2. The summed E-state index contributed by atoms with van der Waals surface area (Å²) in [5.74, 6) is -0.135. The summed E-state index contributed by atoms with van der Waals surface area (Å²) in [6.07, 6.45) is 7.54. The molecule has 3 aromatic rings. The number of aromatic hydroxyl groups is 1. The van der Waals surface area contributed by atoms with Crippen molar-refractivity contribution >= 4 is 22.6 Å². The third-order valence-electron chi connectivity index (χ3n) is 7.29. The Kier molecular flexibility index (Phi) is 7.87. The van der Waals surface area contributed by atoms with Crippen LogP contribution in [0.1, 0.15) is 49.3 Å². The van der Waals surface area contributed by atoms with Crippen molar-refractivity contribution < 1.29 is 19.7 Å². The lowest BCUT2D eigenvalue weighted by Gasteiger charge is -2.31. The molecule has 0 saturated heterocycles. The van der Waals surface area contributed by atoms with E-state index in [1.165, 1.54) is 31.7 Å². The van der Waals surface area contributed by atoms with Crippen molar-refractivity contribution in [1.29, 1.82) is 0 Å².